The molecule has 4 amide bonds. The second kappa shape index (κ2) is 26.3. The van der Waals surface area contributed by atoms with Crippen LogP contribution in [0.25, 0.3) is 0 Å². The average Bonchev–Trinajstić information content (AvgIpc) is 3.01. The van der Waals surface area contributed by atoms with E-state index in [9.17, 15) is 19.2 Å². The summed E-state index contributed by atoms with van der Waals surface area (Å²) in [5.74, 6) is -1.45. The lowest BCUT2D eigenvalue weighted by atomic mass is 10.0. The van der Waals surface area contributed by atoms with Gasteiger partial charge in [0.1, 0.15) is 6.04 Å². The van der Waals surface area contributed by atoms with Crippen LogP contribution in [-0.4, -0.2) is 66.8 Å². The van der Waals surface area contributed by atoms with Crippen LogP contribution in [0.4, 0.5) is 0 Å². The number of carbonyl (C=O) groups excluding carboxylic acids is 4. The third-order valence-electron chi connectivity index (χ3n) is 8.03. The Kier molecular flexibility index (Phi) is 23.4. The number of primary amides is 1. The molecule has 256 valence electrons. The zero-order valence-corrected chi connectivity index (χ0v) is 27.9. The standard InChI is InChI=1S/C35H62N6O4/c1-2-3-4-5-6-7-8-9-10-11-12-13-17-22-33(43)40-31(21-18-24-36)35(45)39-30(26-29-19-15-14-16-20-29)27-41(28-32(38)42)34(44)23-25-37/h14-16,19-20,30-31H,2-13,17-18,21-28,36-37H2,1H3,(H2,38,42)(H,39,45)(H,40,43)/t30-,31-/m0/s1. The Labute approximate surface area is 272 Å². The van der Waals surface area contributed by atoms with E-state index in [4.69, 9.17) is 17.2 Å². The van der Waals surface area contributed by atoms with Crippen molar-refractivity contribution in [2.75, 3.05) is 26.2 Å². The van der Waals surface area contributed by atoms with Gasteiger partial charge < -0.3 is 32.7 Å². The van der Waals surface area contributed by atoms with Gasteiger partial charge in [0, 0.05) is 25.9 Å². The van der Waals surface area contributed by atoms with E-state index in [0.29, 0.717) is 32.2 Å². The van der Waals surface area contributed by atoms with Gasteiger partial charge in [-0.15, -0.1) is 0 Å². The molecule has 0 aliphatic rings. The molecule has 0 unspecified atom stereocenters. The molecule has 45 heavy (non-hydrogen) atoms. The molecule has 10 nitrogen and oxygen atoms in total. The fourth-order valence-electron chi connectivity index (χ4n) is 5.51. The van der Waals surface area contributed by atoms with Crippen LogP contribution in [0.5, 0.6) is 0 Å². The Balaban J connectivity index is 2.63. The van der Waals surface area contributed by atoms with E-state index in [1.54, 1.807) is 0 Å². The lowest BCUT2D eigenvalue weighted by Crippen LogP contribution is -2.54. The molecule has 0 bridgehead atoms. The predicted octanol–water partition coefficient (Wildman–Crippen LogP) is 4.08. The molecule has 0 aliphatic heterocycles. The van der Waals surface area contributed by atoms with Crippen molar-refractivity contribution in [2.24, 2.45) is 17.2 Å². The first kappa shape index (κ1) is 40.0. The largest absolute Gasteiger partial charge is 0.368 e. The SMILES string of the molecule is CCCCCCCCCCCCCCCC(=O)N[C@@H](CCCN)C(=O)N[C@@H](Cc1ccccc1)CN(CC(N)=O)C(=O)CCN. The van der Waals surface area contributed by atoms with Crippen molar-refractivity contribution in [1.82, 2.24) is 15.5 Å². The van der Waals surface area contributed by atoms with Gasteiger partial charge in [0.2, 0.25) is 23.6 Å². The Morgan fingerprint density at radius 1 is 0.733 bits per heavy atom. The number of benzene rings is 1. The zero-order valence-electron chi connectivity index (χ0n) is 27.9. The minimum Gasteiger partial charge on any atom is -0.368 e. The van der Waals surface area contributed by atoms with E-state index in [1.807, 2.05) is 30.3 Å². The summed E-state index contributed by atoms with van der Waals surface area (Å²) in [5.41, 5.74) is 17.7. The van der Waals surface area contributed by atoms with Gasteiger partial charge in [-0.3, -0.25) is 19.2 Å². The van der Waals surface area contributed by atoms with Gasteiger partial charge in [0.15, 0.2) is 0 Å². The summed E-state index contributed by atoms with van der Waals surface area (Å²) < 4.78 is 0. The molecule has 0 fully saturated rings. The van der Waals surface area contributed by atoms with Crippen molar-refractivity contribution in [3.63, 3.8) is 0 Å². The second-order valence-electron chi connectivity index (χ2n) is 12.2. The van der Waals surface area contributed by atoms with Gasteiger partial charge in [0.05, 0.1) is 12.6 Å². The Morgan fingerprint density at radius 3 is 1.84 bits per heavy atom. The summed E-state index contributed by atoms with van der Waals surface area (Å²) in [6.07, 6.45) is 17.9. The number of nitrogens with zero attached hydrogens (tertiary/aromatic N) is 1. The molecule has 0 spiro atoms. The highest BCUT2D eigenvalue weighted by Crippen LogP contribution is 2.13. The number of nitrogens with two attached hydrogens (primary N) is 3. The first-order chi connectivity index (χ1) is 21.8. The molecule has 1 aromatic carbocycles. The minimum atomic E-state index is -0.745. The summed E-state index contributed by atoms with van der Waals surface area (Å²) in [7, 11) is 0. The van der Waals surface area contributed by atoms with E-state index >= 15 is 0 Å². The third kappa shape index (κ3) is 20.6. The van der Waals surface area contributed by atoms with Crippen molar-refractivity contribution in [1.29, 1.82) is 0 Å². The number of carbonyl (C=O) groups is 4. The monoisotopic (exact) mass is 630 g/mol. The molecule has 0 aliphatic carbocycles. The Morgan fingerprint density at radius 2 is 1.31 bits per heavy atom. The van der Waals surface area contributed by atoms with E-state index in [2.05, 4.69) is 17.6 Å². The molecule has 0 saturated carbocycles. The second-order valence-corrected chi connectivity index (χ2v) is 12.2. The summed E-state index contributed by atoms with van der Waals surface area (Å²) in [5, 5.41) is 5.94. The summed E-state index contributed by atoms with van der Waals surface area (Å²) in [6, 6.07) is 8.30. The summed E-state index contributed by atoms with van der Waals surface area (Å²) in [6.45, 7) is 2.59. The highest BCUT2D eigenvalue weighted by Gasteiger charge is 2.26. The Hall–Kier alpha value is -2.98. The van der Waals surface area contributed by atoms with Gasteiger partial charge in [-0.05, 0) is 37.8 Å². The molecule has 0 aromatic heterocycles. The maximum atomic E-state index is 13.5. The molecule has 0 saturated heterocycles. The van der Waals surface area contributed by atoms with Gasteiger partial charge >= 0.3 is 0 Å². The third-order valence-corrected chi connectivity index (χ3v) is 8.03. The van der Waals surface area contributed by atoms with Crippen molar-refractivity contribution in [3.8, 4) is 0 Å². The average molecular weight is 631 g/mol. The maximum Gasteiger partial charge on any atom is 0.242 e. The number of hydrogen-bond acceptors (Lipinski definition) is 6. The van der Waals surface area contributed by atoms with Crippen LogP contribution in [0.3, 0.4) is 0 Å². The zero-order chi connectivity index (χ0) is 33.1. The van der Waals surface area contributed by atoms with Crippen molar-refractivity contribution >= 4 is 23.6 Å². The van der Waals surface area contributed by atoms with Crippen LogP contribution in [0.2, 0.25) is 0 Å². The van der Waals surface area contributed by atoms with Crippen LogP contribution < -0.4 is 27.8 Å². The van der Waals surface area contributed by atoms with Crippen LogP contribution in [0.1, 0.15) is 122 Å². The fraction of sp³-hybridized carbons (Fsp3) is 0.714. The lowest BCUT2D eigenvalue weighted by Gasteiger charge is -2.29. The molecule has 2 atom stereocenters. The van der Waals surface area contributed by atoms with Gasteiger partial charge in [-0.2, -0.15) is 0 Å². The number of amides is 4. The van der Waals surface area contributed by atoms with Crippen molar-refractivity contribution in [2.45, 2.75) is 135 Å². The summed E-state index contributed by atoms with van der Waals surface area (Å²) >= 11 is 0. The number of nitrogens with one attached hydrogen (secondary N) is 2. The lowest BCUT2D eigenvalue weighted by molar-refractivity contribution is -0.136. The topological polar surface area (TPSA) is 174 Å². The number of hydrogen-bond donors (Lipinski definition) is 5. The first-order valence-corrected chi connectivity index (χ1v) is 17.4. The van der Waals surface area contributed by atoms with Crippen LogP contribution in [0.15, 0.2) is 30.3 Å². The van der Waals surface area contributed by atoms with Crippen molar-refractivity contribution < 1.29 is 19.2 Å². The number of unbranched alkanes of at least 4 members (excludes halogenated alkanes) is 12. The van der Waals surface area contributed by atoms with E-state index in [1.165, 1.54) is 69.1 Å². The molecule has 10 heteroatoms. The van der Waals surface area contributed by atoms with Crippen LogP contribution >= 0.6 is 0 Å². The van der Waals surface area contributed by atoms with Crippen LogP contribution in [-0.2, 0) is 25.6 Å². The molecule has 1 aromatic rings. The highest BCUT2D eigenvalue weighted by molar-refractivity contribution is 5.88. The van der Waals surface area contributed by atoms with E-state index in [-0.39, 0.29) is 43.8 Å². The fourth-order valence-corrected chi connectivity index (χ4v) is 5.51. The quantitative estimate of drug-likeness (QED) is 0.0872. The maximum absolute atomic E-state index is 13.5. The Bertz CT molecular complexity index is 945. The van der Waals surface area contributed by atoms with Gasteiger partial charge in [0.25, 0.3) is 0 Å². The van der Waals surface area contributed by atoms with Gasteiger partial charge in [-0.25, -0.2) is 0 Å². The molecule has 8 N–H and O–H groups in total. The predicted molar refractivity (Wildman–Crippen MR) is 182 cm³/mol. The number of rotatable bonds is 28. The molecule has 1 rings (SSSR count). The van der Waals surface area contributed by atoms with E-state index in [0.717, 1.165) is 24.8 Å². The molecule has 0 heterocycles. The molecular weight excluding hydrogens is 568 g/mol. The first-order valence-electron chi connectivity index (χ1n) is 17.4. The van der Waals surface area contributed by atoms with E-state index < -0.39 is 18.0 Å². The smallest absolute Gasteiger partial charge is 0.242 e. The summed E-state index contributed by atoms with van der Waals surface area (Å²) in [4.78, 5) is 52.1. The van der Waals surface area contributed by atoms with Gasteiger partial charge in [-0.1, -0.05) is 114 Å². The highest BCUT2D eigenvalue weighted by atomic mass is 16.2. The molecule has 0 radical (unpaired) electrons. The van der Waals surface area contributed by atoms with Crippen molar-refractivity contribution in [3.05, 3.63) is 35.9 Å². The molecular formula is C35H62N6O4. The van der Waals surface area contributed by atoms with Crippen LogP contribution in [0, 0.1) is 0 Å². The normalized spacial score (nSPS) is 12.3. The minimum absolute atomic E-state index is 0.0632.